The van der Waals surface area contributed by atoms with Crippen molar-refractivity contribution < 1.29 is 9.53 Å². The molecule has 0 N–H and O–H groups in total. The molecule has 0 aliphatic carbocycles. The van der Waals surface area contributed by atoms with Crippen LogP contribution in [0.1, 0.15) is 86.5 Å². The second-order valence-electron chi connectivity index (χ2n) is 7.27. The van der Waals surface area contributed by atoms with Gasteiger partial charge in [-0.1, -0.05) is 41.9 Å². The van der Waals surface area contributed by atoms with E-state index in [2.05, 4.69) is 52.8 Å². The fraction of sp³-hybridized carbons (Fsp3) is 0.682. The van der Waals surface area contributed by atoms with Gasteiger partial charge in [-0.3, -0.25) is 4.79 Å². The normalized spacial score (nSPS) is 13.6. The minimum atomic E-state index is -0.179. The summed E-state index contributed by atoms with van der Waals surface area (Å²) in [5, 5.41) is 0. The van der Waals surface area contributed by atoms with Gasteiger partial charge in [-0.2, -0.15) is 0 Å². The van der Waals surface area contributed by atoms with Crippen LogP contribution in [0.2, 0.25) is 0 Å². The van der Waals surface area contributed by atoms with Crippen molar-refractivity contribution in [2.45, 2.75) is 86.5 Å². The molecule has 0 aromatic rings. The highest BCUT2D eigenvalue weighted by atomic mass is 16.5. The van der Waals surface area contributed by atoms with Crippen LogP contribution in [0.25, 0.3) is 0 Å². The van der Waals surface area contributed by atoms with Crippen LogP contribution in [0, 0.1) is 5.92 Å². The lowest BCUT2D eigenvalue weighted by Crippen LogP contribution is -2.05. The Morgan fingerprint density at radius 1 is 0.833 bits per heavy atom. The minimum Gasteiger partial charge on any atom is -0.466 e. The average molecular weight is 335 g/mol. The number of carbonyl (C=O) groups excluding carboxylic acids is 1. The van der Waals surface area contributed by atoms with Crippen molar-refractivity contribution in [2.24, 2.45) is 5.92 Å². The highest BCUT2D eigenvalue weighted by molar-refractivity contribution is 5.65. The molecule has 138 valence electrons. The number of hydrogen-bond acceptors (Lipinski definition) is 2. The van der Waals surface area contributed by atoms with Crippen LogP contribution in [0.15, 0.2) is 34.9 Å². The molecule has 0 spiro atoms. The van der Waals surface area contributed by atoms with E-state index in [0.717, 1.165) is 38.5 Å². The van der Waals surface area contributed by atoms with Gasteiger partial charge in [0.25, 0.3) is 0 Å². The Labute approximate surface area is 150 Å². The molecule has 0 heterocycles. The second-order valence-corrected chi connectivity index (χ2v) is 7.27. The number of carbonyl (C=O) groups is 1. The summed E-state index contributed by atoms with van der Waals surface area (Å²) in [5.41, 5.74) is 4.39. The summed E-state index contributed by atoms with van der Waals surface area (Å²) in [6, 6.07) is 0. The first-order chi connectivity index (χ1) is 11.3. The SMILES string of the molecule is CC(=O)OCC[C@H](C)CC/C=C(\C)CC/C=C(\C)CCC=C(C)C. The first-order valence-electron chi connectivity index (χ1n) is 9.39. The number of esters is 1. The van der Waals surface area contributed by atoms with E-state index in [1.54, 1.807) is 0 Å². The van der Waals surface area contributed by atoms with E-state index in [1.807, 2.05) is 0 Å². The van der Waals surface area contributed by atoms with Gasteiger partial charge < -0.3 is 4.74 Å². The third kappa shape index (κ3) is 15.6. The van der Waals surface area contributed by atoms with Gasteiger partial charge >= 0.3 is 5.97 Å². The molecule has 0 radical (unpaired) electrons. The van der Waals surface area contributed by atoms with E-state index >= 15 is 0 Å². The van der Waals surface area contributed by atoms with E-state index in [-0.39, 0.29) is 5.97 Å². The number of hydrogen-bond donors (Lipinski definition) is 0. The summed E-state index contributed by atoms with van der Waals surface area (Å²) < 4.78 is 4.99. The molecule has 24 heavy (non-hydrogen) atoms. The van der Waals surface area contributed by atoms with Gasteiger partial charge in [0.05, 0.1) is 6.61 Å². The third-order valence-electron chi connectivity index (χ3n) is 4.19. The first-order valence-corrected chi connectivity index (χ1v) is 9.39. The van der Waals surface area contributed by atoms with Crippen molar-refractivity contribution in [1.29, 1.82) is 0 Å². The van der Waals surface area contributed by atoms with Crippen LogP contribution >= 0.6 is 0 Å². The molecule has 0 fully saturated rings. The molecule has 0 rings (SSSR count). The van der Waals surface area contributed by atoms with Gasteiger partial charge in [0.1, 0.15) is 0 Å². The Morgan fingerprint density at radius 3 is 1.92 bits per heavy atom. The van der Waals surface area contributed by atoms with Crippen molar-refractivity contribution in [3.8, 4) is 0 Å². The summed E-state index contributed by atoms with van der Waals surface area (Å²) in [6.07, 6.45) is 14.9. The van der Waals surface area contributed by atoms with E-state index in [4.69, 9.17) is 4.74 Å². The van der Waals surface area contributed by atoms with Crippen molar-refractivity contribution in [2.75, 3.05) is 6.61 Å². The third-order valence-corrected chi connectivity index (χ3v) is 4.19. The second kappa shape index (κ2) is 14.1. The Kier molecular flexibility index (Phi) is 13.3. The summed E-state index contributed by atoms with van der Waals surface area (Å²) in [6.45, 7) is 13.0. The zero-order chi connectivity index (χ0) is 18.4. The molecule has 1 atom stereocenters. The standard InChI is InChI=1S/C22H38O2/c1-18(2)10-7-11-19(3)12-8-13-20(4)14-9-15-21(5)16-17-24-22(6)23/h10,12,14,21H,7-9,11,13,15-17H2,1-6H3/b19-12+,20-14+/t21-/m1/s1. The average Bonchev–Trinajstić information content (AvgIpc) is 2.46. The minimum absolute atomic E-state index is 0.179. The molecule has 0 aromatic carbocycles. The largest absolute Gasteiger partial charge is 0.466 e. The fourth-order valence-corrected chi connectivity index (χ4v) is 2.50. The Balaban J connectivity index is 3.86. The smallest absolute Gasteiger partial charge is 0.302 e. The zero-order valence-corrected chi connectivity index (χ0v) is 16.8. The molecule has 0 aliphatic rings. The lowest BCUT2D eigenvalue weighted by atomic mass is 10.0. The number of rotatable bonds is 12. The number of allylic oxidation sites excluding steroid dienone is 6. The zero-order valence-electron chi connectivity index (χ0n) is 16.8. The summed E-state index contributed by atoms with van der Waals surface area (Å²) >= 11 is 0. The molecular formula is C22H38O2. The predicted octanol–water partition coefficient (Wildman–Crippen LogP) is 6.78. The predicted molar refractivity (Wildman–Crippen MR) is 105 cm³/mol. The van der Waals surface area contributed by atoms with Crippen LogP contribution in [0.5, 0.6) is 0 Å². The topological polar surface area (TPSA) is 26.3 Å². The molecule has 0 saturated carbocycles. The maximum Gasteiger partial charge on any atom is 0.302 e. The summed E-state index contributed by atoms with van der Waals surface area (Å²) in [7, 11) is 0. The van der Waals surface area contributed by atoms with Crippen molar-refractivity contribution in [3.63, 3.8) is 0 Å². The van der Waals surface area contributed by atoms with E-state index in [9.17, 15) is 4.79 Å². The van der Waals surface area contributed by atoms with Gasteiger partial charge in [-0.15, -0.1) is 0 Å². The molecule has 0 aliphatic heterocycles. The molecule has 0 amide bonds. The highest BCUT2D eigenvalue weighted by Crippen LogP contribution is 2.15. The fourth-order valence-electron chi connectivity index (χ4n) is 2.50. The van der Waals surface area contributed by atoms with Gasteiger partial charge in [-0.25, -0.2) is 0 Å². The van der Waals surface area contributed by atoms with Crippen molar-refractivity contribution in [3.05, 3.63) is 34.9 Å². The number of ether oxygens (including phenoxy) is 1. The van der Waals surface area contributed by atoms with Crippen LogP contribution in [-0.4, -0.2) is 12.6 Å². The quantitative estimate of drug-likeness (QED) is 0.290. The van der Waals surface area contributed by atoms with Crippen molar-refractivity contribution in [1.82, 2.24) is 0 Å². The van der Waals surface area contributed by atoms with E-state index in [1.165, 1.54) is 30.1 Å². The van der Waals surface area contributed by atoms with Crippen molar-refractivity contribution >= 4 is 5.97 Å². The van der Waals surface area contributed by atoms with Gasteiger partial charge in [0, 0.05) is 6.92 Å². The van der Waals surface area contributed by atoms with Crippen LogP contribution < -0.4 is 0 Å². The summed E-state index contributed by atoms with van der Waals surface area (Å²) in [4.78, 5) is 10.7. The van der Waals surface area contributed by atoms with Crippen LogP contribution in [0.4, 0.5) is 0 Å². The van der Waals surface area contributed by atoms with E-state index in [0.29, 0.717) is 12.5 Å². The first kappa shape index (κ1) is 22.7. The maximum atomic E-state index is 10.7. The lowest BCUT2D eigenvalue weighted by molar-refractivity contribution is -0.141. The Morgan fingerprint density at radius 2 is 1.38 bits per heavy atom. The monoisotopic (exact) mass is 334 g/mol. The summed E-state index contributed by atoms with van der Waals surface area (Å²) in [5.74, 6) is 0.424. The van der Waals surface area contributed by atoms with Crippen LogP contribution in [0.3, 0.4) is 0 Å². The molecule has 0 saturated heterocycles. The molecule has 2 nitrogen and oxygen atoms in total. The highest BCUT2D eigenvalue weighted by Gasteiger charge is 2.02. The molecular weight excluding hydrogens is 296 g/mol. The molecule has 0 bridgehead atoms. The lowest BCUT2D eigenvalue weighted by Gasteiger charge is -2.10. The van der Waals surface area contributed by atoms with Gasteiger partial charge in [0.15, 0.2) is 0 Å². The van der Waals surface area contributed by atoms with Crippen LogP contribution in [-0.2, 0) is 9.53 Å². The molecule has 2 heteroatoms. The van der Waals surface area contributed by atoms with Gasteiger partial charge in [0.2, 0.25) is 0 Å². The molecule has 0 unspecified atom stereocenters. The Bertz CT molecular complexity index is 437. The Hall–Kier alpha value is -1.31. The molecule has 0 aromatic heterocycles. The van der Waals surface area contributed by atoms with Gasteiger partial charge in [-0.05, 0) is 78.6 Å². The maximum absolute atomic E-state index is 10.7. The van der Waals surface area contributed by atoms with E-state index < -0.39 is 0 Å².